The van der Waals surface area contributed by atoms with E-state index >= 15 is 0 Å². The third-order valence-corrected chi connectivity index (χ3v) is 6.39. The van der Waals surface area contributed by atoms with Crippen molar-refractivity contribution in [3.05, 3.63) is 60.2 Å². The third-order valence-electron chi connectivity index (χ3n) is 6.39. The molecule has 2 aliphatic heterocycles. The molecule has 0 saturated carbocycles. The van der Waals surface area contributed by atoms with E-state index in [1.165, 1.54) is 11.3 Å². The van der Waals surface area contributed by atoms with Gasteiger partial charge in [0.1, 0.15) is 5.75 Å². The van der Waals surface area contributed by atoms with Gasteiger partial charge in [-0.15, -0.1) is 24.0 Å². The predicted molar refractivity (Wildman–Crippen MR) is 146 cm³/mol. The van der Waals surface area contributed by atoms with Crippen LogP contribution in [0.25, 0.3) is 0 Å². The Hall–Kier alpha value is -2.00. The van der Waals surface area contributed by atoms with Crippen molar-refractivity contribution < 1.29 is 9.47 Å². The minimum Gasteiger partial charge on any atom is -0.495 e. The summed E-state index contributed by atoms with van der Waals surface area (Å²) in [7, 11) is 1.74. The van der Waals surface area contributed by atoms with Gasteiger partial charge >= 0.3 is 0 Å². The average molecular weight is 565 g/mol. The highest BCUT2D eigenvalue weighted by Gasteiger charge is 2.28. The van der Waals surface area contributed by atoms with Crippen LogP contribution in [0.15, 0.2) is 59.6 Å². The van der Waals surface area contributed by atoms with Crippen LogP contribution >= 0.6 is 24.0 Å². The van der Waals surface area contributed by atoms with Gasteiger partial charge in [0.2, 0.25) is 0 Å². The Kier molecular flexibility index (Phi) is 10.1. The highest BCUT2D eigenvalue weighted by atomic mass is 127. The lowest BCUT2D eigenvalue weighted by Gasteiger charge is -2.38. The molecule has 0 bridgehead atoms. The average Bonchev–Trinajstić information content (AvgIpc) is 2.87. The van der Waals surface area contributed by atoms with Crippen molar-refractivity contribution in [1.82, 2.24) is 10.2 Å². The molecule has 33 heavy (non-hydrogen) atoms. The Morgan fingerprint density at radius 3 is 2.52 bits per heavy atom. The van der Waals surface area contributed by atoms with E-state index in [4.69, 9.17) is 14.5 Å². The van der Waals surface area contributed by atoms with Crippen molar-refractivity contribution in [2.45, 2.75) is 25.9 Å². The van der Waals surface area contributed by atoms with Gasteiger partial charge in [-0.25, -0.2) is 0 Å². The second-order valence-corrected chi connectivity index (χ2v) is 8.44. The molecule has 2 fully saturated rings. The molecule has 2 aliphatic rings. The summed E-state index contributed by atoms with van der Waals surface area (Å²) in [6.07, 6.45) is 2.40. The van der Waals surface area contributed by atoms with Crippen LogP contribution in [-0.4, -0.2) is 63.8 Å². The number of hydrogen-bond acceptors (Lipinski definition) is 4. The van der Waals surface area contributed by atoms with E-state index in [9.17, 15) is 0 Å². The van der Waals surface area contributed by atoms with E-state index in [0.29, 0.717) is 5.92 Å². The lowest BCUT2D eigenvalue weighted by atomic mass is 9.89. The van der Waals surface area contributed by atoms with Crippen LogP contribution in [0.3, 0.4) is 0 Å². The molecule has 180 valence electrons. The second-order valence-electron chi connectivity index (χ2n) is 8.44. The van der Waals surface area contributed by atoms with Crippen LogP contribution in [0, 0.1) is 5.92 Å². The summed E-state index contributed by atoms with van der Waals surface area (Å²) < 4.78 is 11.7. The summed E-state index contributed by atoms with van der Waals surface area (Å²) >= 11 is 0. The van der Waals surface area contributed by atoms with E-state index in [2.05, 4.69) is 64.5 Å². The zero-order chi connectivity index (χ0) is 22.2. The fourth-order valence-electron chi connectivity index (χ4n) is 4.72. The Bertz CT molecular complexity index is 872. The number of nitrogens with one attached hydrogen (secondary N) is 1. The number of nitrogens with zero attached hydrogens (tertiary/aromatic N) is 3. The van der Waals surface area contributed by atoms with Crippen molar-refractivity contribution in [3.8, 4) is 5.75 Å². The van der Waals surface area contributed by atoms with Gasteiger partial charge in [0, 0.05) is 51.8 Å². The van der Waals surface area contributed by atoms with Crippen molar-refractivity contribution in [1.29, 1.82) is 0 Å². The Morgan fingerprint density at radius 1 is 1.06 bits per heavy atom. The number of rotatable bonds is 6. The molecular weight excluding hydrogens is 527 g/mol. The highest BCUT2D eigenvalue weighted by molar-refractivity contribution is 14.0. The molecule has 2 unspecified atom stereocenters. The predicted octanol–water partition coefficient (Wildman–Crippen LogP) is 4.57. The molecule has 2 heterocycles. The summed E-state index contributed by atoms with van der Waals surface area (Å²) in [5.74, 6) is 2.37. The van der Waals surface area contributed by atoms with Gasteiger partial charge in [-0.3, -0.25) is 4.99 Å². The van der Waals surface area contributed by atoms with Gasteiger partial charge in [0.15, 0.2) is 5.96 Å². The number of ether oxygens (including phenoxy) is 2. The molecule has 2 aromatic rings. The smallest absolute Gasteiger partial charge is 0.194 e. The lowest BCUT2D eigenvalue weighted by Crippen LogP contribution is -2.52. The third kappa shape index (κ3) is 6.53. The molecule has 1 N–H and O–H groups in total. The molecule has 4 rings (SSSR count). The number of hydrogen-bond donors (Lipinski definition) is 1. The molecule has 2 atom stereocenters. The van der Waals surface area contributed by atoms with Crippen LogP contribution < -0.4 is 15.0 Å². The first-order valence-corrected chi connectivity index (χ1v) is 11.9. The molecule has 0 aromatic heterocycles. The van der Waals surface area contributed by atoms with Crippen LogP contribution in [0.1, 0.15) is 31.4 Å². The zero-order valence-corrected chi connectivity index (χ0v) is 22.1. The summed E-state index contributed by atoms with van der Waals surface area (Å²) in [6, 6.07) is 18.9. The maximum absolute atomic E-state index is 6.18. The molecule has 2 aromatic carbocycles. The first kappa shape index (κ1) is 25.6. The topological polar surface area (TPSA) is 49.3 Å². The maximum Gasteiger partial charge on any atom is 0.194 e. The van der Waals surface area contributed by atoms with Crippen molar-refractivity contribution in [2.24, 2.45) is 10.9 Å². The van der Waals surface area contributed by atoms with Crippen molar-refractivity contribution in [2.75, 3.05) is 57.9 Å². The second kappa shape index (κ2) is 13.0. The van der Waals surface area contributed by atoms with E-state index < -0.39 is 0 Å². The lowest BCUT2D eigenvalue weighted by molar-refractivity contribution is -0.0250. The van der Waals surface area contributed by atoms with Gasteiger partial charge in [-0.05, 0) is 37.5 Å². The Labute approximate surface area is 215 Å². The Balaban J connectivity index is 0.00000306. The minimum absolute atomic E-state index is 0. The number of benzene rings is 2. The molecule has 6 nitrogen and oxygen atoms in total. The summed E-state index contributed by atoms with van der Waals surface area (Å²) in [6.45, 7) is 8.40. The number of anilines is 1. The summed E-state index contributed by atoms with van der Waals surface area (Å²) in [5, 5.41) is 3.52. The zero-order valence-electron chi connectivity index (χ0n) is 19.8. The SMILES string of the molecule is CCNC(=NCC1CCCOC1c1ccccc1)N1CCN(c2ccccc2OC)CC1.I. The molecule has 0 aliphatic carbocycles. The quantitative estimate of drug-likeness (QED) is 0.317. The maximum atomic E-state index is 6.18. The fraction of sp³-hybridized carbons (Fsp3) is 0.500. The molecular formula is C26H37IN4O2. The molecule has 7 heteroatoms. The number of aliphatic imine (C=N–C) groups is 1. The van der Waals surface area contributed by atoms with Gasteiger partial charge in [0.25, 0.3) is 0 Å². The Morgan fingerprint density at radius 2 is 1.79 bits per heavy atom. The normalized spacial score (nSPS) is 21.3. The fourth-order valence-corrected chi connectivity index (χ4v) is 4.72. The van der Waals surface area contributed by atoms with Crippen LogP contribution in [0.5, 0.6) is 5.75 Å². The standard InChI is InChI=1S/C26H36N4O2.HI/c1-3-27-26(28-20-22-12-9-19-32-25(22)21-10-5-4-6-11-21)30-17-15-29(16-18-30)23-13-7-8-14-24(23)31-2;/h4-8,10-11,13-14,22,25H,3,9,12,15-20H2,1-2H3,(H,27,28);1H. The van der Waals surface area contributed by atoms with E-state index in [0.717, 1.165) is 70.4 Å². The number of para-hydroxylation sites is 2. The number of guanidine groups is 1. The number of halogens is 1. The molecule has 0 spiro atoms. The van der Waals surface area contributed by atoms with E-state index in [-0.39, 0.29) is 30.1 Å². The van der Waals surface area contributed by atoms with Crippen molar-refractivity contribution in [3.63, 3.8) is 0 Å². The summed E-state index contributed by atoms with van der Waals surface area (Å²) in [4.78, 5) is 9.86. The summed E-state index contributed by atoms with van der Waals surface area (Å²) in [5.41, 5.74) is 2.43. The molecule has 0 amide bonds. The molecule has 0 radical (unpaired) electrons. The minimum atomic E-state index is 0. The molecule has 2 saturated heterocycles. The van der Waals surface area contributed by atoms with Crippen LogP contribution in [0.4, 0.5) is 5.69 Å². The number of piperazine rings is 1. The van der Waals surface area contributed by atoms with Gasteiger partial charge in [0.05, 0.1) is 18.9 Å². The first-order valence-electron chi connectivity index (χ1n) is 11.9. The van der Waals surface area contributed by atoms with Gasteiger partial charge in [-0.1, -0.05) is 42.5 Å². The highest BCUT2D eigenvalue weighted by Crippen LogP contribution is 2.34. The van der Waals surface area contributed by atoms with Gasteiger partial charge < -0.3 is 24.6 Å². The van der Waals surface area contributed by atoms with Crippen LogP contribution in [0.2, 0.25) is 0 Å². The van der Waals surface area contributed by atoms with Gasteiger partial charge in [-0.2, -0.15) is 0 Å². The monoisotopic (exact) mass is 564 g/mol. The van der Waals surface area contributed by atoms with Crippen LogP contribution in [-0.2, 0) is 4.74 Å². The number of methoxy groups -OCH3 is 1. The van der Waals surface area contributed by atoms with E-state index in [1.807, 2.05) is 12.1 Å². The first-order chi connectivity index (χ1) is 15.8. The largest absolute Gasteiger partial charge is 0.495 e. The van der Waals surface area contributed by atoms with Crippen molar-refractivity contribution >= 4 is 35.6 Å². The van der Waals surface area contributed by atoms with E-state index in [1.54, 1.807) is 7.11 Å².